The molecule has 2 aromatic carbocycles. The smallest absolute Gasteiger partial charge is 0.139 e. The highest BCUT2D eigenvalue weighted by Gasteiger charge is 2.08. The highest BCUT2D eigenvalue weighted by atomic mass is 79.9. The van der Waals surface area contributed by atoms with E-state index in [1.807, 2.05) is 18.2 Å². The minimum Gasteiger partial charge on any atom is -0.496 e. The fraction of sp³-hybridized carbons (Fsp3) is 0.200. The molecule has 0 radical (unpaired) electrons. The summed E-state index contributed by atoms with van der Waals surface area (Å²) in [6.45, 7) is 0.774. The third-order valence-corrected chi connectivity index (χ3v) is 4.43. The van der Waals surface area contributed by atoms with Crippen LogP contribution >= 0.6 is 39.1 Å². The van der Waals surface area contributed by atoms with Gasteiger partial charge in [0.25, 0.3) is 0 Å². The maximum atomic E-state index is 6.12. The number of methoxy groups -OCH3 is 1. The normalized spacial score (nSPS) is 10.5. The van der Waals surface area contributed by atoms with Crippen LogP contribution in [0.3, 0.4) is 0 Å². The van der Waals surface area contributed by atoms with Crippen LogP contribution in [0.5, 0.6) is 11.5 Å². The number of rotatable bonds is 5. The zero-order valence-electron chi connectivity index (χ0n) is 11.3. The van der Waals surface area contributed by atoms with Crippen LogP contribution in [0.4, 0.5) is 0 Å². The molecule has 2 aromatic rings. The van der Waals surface area contributed by atoms with E-state index in [4.69, 9.17) is 38.4 Å². The Hall–Kier alpha value is -0.940. The first-order valence-electron chi connectivity index (χ1n) is 6.18. The van der Waals surface area contributed by atoms with E-state index in [-0.39, 0.29) is 0 Å². The lowest BCUT2D eigenvalue weighted by atomic mass is 10.1. The summed E-state index contributed by atoms with van der Waals surface area (Å²) in [7, 11) is 1.62. The molecule has 2 N–H and O–H groups in total. The summed E-state index contributed by atoms with van der Waals surface area (Å²) in [4.78, 5) is 0. The van der Waals surface area contributed by atoms with Gasteiger partial charge in [0.2, 0.25) is 0 Å². The van der Waals surface area contributed by atoms with Crippen molar-refractivity contribution in [1.82, 2.24) is 0 Å². The van der Waals surface area contributed by atoms with E-state index in [1.54, 1.807) is 19.2 Å². The van der Waals surface area contributed by atoms with Gasteiger partial charge in [-0.15, -0.1) is 0 Å². The third kappa shape index (κ3) is 4.04. The average molecular weight is 391 g/mol. The number of ether oxygens (including phenoxy) is 2. The number of nitrogens with two attached hydrogens (primary N) is 1. The fourth-order valence-electron chi connectivity index (χ4n) is 1.86. The van der Waals surface area contributed by atoms with Gasteiger partial charge >= 0.3 is 0 Å². The maximum Gasteiger partial charge on any atom is 0.139 e. The molecular weight excluding hydrogens is 377 g/mol. The molecule has 0 bridgehead atoms. The molecule has 0 fully saturated rings. The van der Waals surface area contributed by atoms with Gasteiger partial charge in [-0.3, -0.25) is 0 Å². The minimum absolute atomic E-state index is 0.370. The van der Waals surface area contributed by atoms with Crippen molar-refractivity contribution in [2.45, 2.75) is 13.2 Å². The predicted molar refractivity (Wildman–Crippen MR) is 89.4 cm³/mol. The number of hydrogen-bond donors (Lipinski definition) is 1. The molecule has 2 rings (SSSR count). The van der Waals surface area contributed by atoms with Crippen molar-refractivity contribution in [3.05, 3.63) is 56.0 Å². The van der Waals surface area contributed by atoms with E-state index in [0.717, 1.165) is 21.3 Å². The van der Waals surface area contributed by atoms with E-state index in [2.05, 4.69) is 15.9 Å². The van der Waals surface area contributed by atoms with Gasteiger partial charge in [-0.25, -0.2) is 0 Å². The molecule has 112 valence electrons. The summed E-state index contributed by atoms with van der Waals surface area (Å²) >= 11 is 15.5. The molecule has 0 spiro atoms. The molecule has 0 aliphatic carbocycles. The van der Waals surface area contributed by atoms with Crippen LogP contribution in [0.15, 0.2) is 34.8 Å². The van der Waals surface area contributed by atoms with E-state index in [0.29, 0.717) is 28.9 Å². The molecule has 0 saturated heterocycles. The van der Waals surface area contributed by atoms with Crippen molar-refractivity contribution in [3.8, 4) is 11.5 Å². The third-order valence-electron chi connectivity index (χ3n) is 2.93. The van der Waals surface area contributed by atoms with Crippen molar-refractivity contribution in [3.63, 3.8) is 0 Å². The molecule has 6 heteroatoms. The second-order valence-corrected chi connectivity index (χ2v) is 6.00. The zero-order chi connectivity index (χ0) is 15.4. The Bertz CT molecular complexity index is 650. The second-order valence-electron chi connectivity index (χ2n) is 4.34. The summed E-state index contributed by atoms with van der Waals surface area (Å²) < 4.78 is 11.7. The molecule has 0 unspecified atom stereocenters. The van der Waals surface area contributed by atoms with Crippen LogP contribution in [0.25, 0.3) is 0 Å². The molecule has 0 saturated carbocycles. The predicted octanol–water partition coefficient (Wildman–Crippen LogP) is 4.80. The van der Waals surface area contributed by atoms with E-state index in [1.165, 1.54) is 0 Å². The van der Waals surface area contributed by atoms with Gasteiger partial charge in [0.1, 0.15) is 18.1 Å². The van der Waals surface area contributed by atoms with Gasteiger partial charge in [0.15, 0.2) is 0 Å². The molecule has 21 heavy (non-hydrogen) atoms. The van der Waals surface area contributed by atoms with E-state index < -0.39 is 0 Å². The fourth-order valence-corrected chi connectivity index (χ4v) is 2.70. The topological polar surface area (TPSA) is 44.5 Å². The van der Waals surface area contributed by atoms with Gasteiger partial charge in [-0.05, 0) is 39.7 Å². The van der Waals surface area contributed by atoms with Crippen molar-refractivity contribution in [2.75, 3.05) is 7.11 Å². The lowest BCUT2D eigenvalue weighted by molar-refractivity contribution is 0.306. The minimum atomic E-state index is 0.370. The standard InChI is InChI=1S/C15H14BrCl2NO2/c1-20-14-3-2-9(4-10(14)7-19)8-21-15-6-12(17)11(16)5-13(15)18/h2-6H,7-8,19H2,1H3. The van der Waals surface area contributed by atoms with Crippen LogP contribution in [-0.2, 0) is 13.2 Å². The van der Waals surface area contributed by atoms with Crippen LogP contribution in [-0.4, -0.2) is 7.11 Å². The number of halogens is 3. The summed E-state index contributed by atoms with van der Waals surface area (Å²) in [5.41, 5.74) is 7.61. The summed E-state index contributed by atoms with van der Waals surface area (Å²) in [5, 5.41) is 1.05. The molecule has 0 heterocycles. The summed E-state index contributed by atoms with van der Waals surface area (Å²) in [6.07, 6.45) is 0. The summed E-state index contributed by atoms with van der Waals surface area (Å²) in [5.74, 6) is 1.31. The lowest BCUT2D eigenvalue weighted by Crippen LogP contribution is -2.03. The van der Waals surface area contributed by atoms with Crippen molar-refractivity contribution >= 4 is 39.1 Å². The molecule has 0 aliphatic rings. The number of hydrogen-bond acceptors (Lipinski definition) is 3. The van der Waals surface area contributed by atoms with Crippen LogP contribution in [0.1, 0.15) is 11.1 Å². The highest BCUT2D eigenvalue weighted by molar-refractivity contribution is 9.10. The average Bonchev–Trinajstić information content (AvgIpc) is 2.49. The van der Waals surface area contributed by atoms with Crippen LogP contribution < -0.4 is 15.2 Å². The first-order valence-corrected chi connectivity index (χ1v) is 7.73. The van der Waals surface area contributed by atoms with Gasteiger partial charge in [-0.1, -0.05) is 29.3 Å². The van der Waals surface area contributed by atoms with Gasteiger partial charge < -0.3 is 15.2 Å². The first-order chi connectivity index (χ1) is 10.0. The maximum absolute atomic E-state index is 6.12. The SMILES string of the molecule is COc1ccc(COc2cc(Cl)c(Br)cc2Cl)cc1CN. The Morgan fingerprint density at radius 3 is 2.52 bits per heavy atom. The molecule has 0 atom stereocenters. The van der Waals surface area contributed by atoms with Crippen molar-refractivity contribution < 1.29 is 9.47 Å². The van der Waals surface area contributed by atoms with Gasteiger partial charge in [0, 0.05) is 22.6 Å². The molecule has 0 aliphatic heterocycles. The van der Waals surface area contributed by atoms with Gasteiger partial charge in [0.05, 0.1) is 17.2 Å². The second kappa shape index (κ2) is 7.36. The Kier molecular flexibility index (Phi) is 5.76. The van der Waals surface area contributed by atoms with Crippen molar-refractivity contribution in [2.24, 2.45) is 5.73 Å². The Labute approximate surface area is 142 Å². The van der Waals surface area contributed by atoms with E-state index in [9.17, 15) is 0 Å². The van der Waals surface area contributed by atoms with E-state index >= 15 is 0 Å². The Morgan fingerprint density at radius 1 is 1.10 bits per heavy atom. The largest absolute Gasteiger partial charge is 0.496 e. The highest BCUT2D eigenvalue weighted by Crippen LogP contribution is 2.34. The van der Waals surface area contributed by atoms with Crippen LogP contribution in [0.2, 0.25) is 10.0 Å². The quantitative estimate of drug-likeness (QED) is 0.745. The molecule has 3 nitrogen and oxygen atoms in total. The molecular formula is C15H14BrCl2NO2. The molecule has 0 aromatic heterocycles. The Balaban J connectivity index is 2.15. The lowest BCUT2D eigenvalue weighted by Gasteiger charge is -2.12. The first kappa shape index (κ1) is 16.4. The zero-order valence-corrected chi connectivity index (χ0v) is 14.4. The number of benzene rings is 2. The summed E-state index contributed by atoms with van der Waals surface area (Å²) in [6, 6.07) is 9.14. The van der Waals surface area contributed by atoms with Crippen LogP contribution in [0, 0.1) is 0 Å². The molecule has 0 amide bonds. The monoisotopic (exact) mass is 389 g/mol. The van der Waals surface area contributed by atoms with Gasteiger partial charge in [-0.2, -0.15) is 0 Å². The Morgan fingerprint density at radius 2 is 1.86 bits per heavy atom. The van der Waals surface area contributed by atoms with Crippen molar-refractivity contribution in [1.29, 1.82) is 0 Å².